The van der Waals surface area contributed by atoms with Crippen molar-refractivity contribution in [2.24, 2.45) is 0 Å². The van der Waals surface area contributed by atoms with Gasteiger partial charge in [0.05, 0.1) is 0 Å². The third-order valence-corrected chi connectivity index (χ3v) is 5.54. The number of thioether (sulfide) groups is 1. The lowest BCUT2D eigenvalue weighted by Gasteiger charge is -2.29. The molecule has 1 unspecified atom stereocenters. The molecule has 0 radical (unpaired) electrons. The SMILES string of the molecule is CCCNC(=O)C(C)N(Cc1cccc(Cl)c1)C(=O)CCSc1ccccc1. The van der Waals surface area contributed by atoms with Crippen LogP contribution in [0.1, 0.15) is 32.3 Å². The molecule has 0 spiro atoms. The number of carbonyl (C=O) groups is 2. The lowest BCUT2D eigenvalue weighted by molar-refractivity contribution is -0.140. The van der Waals surface area contributed by atoms with Crippen molar-refractivity contribution in [3.63, 3.8) is 0 Å². The van der Waals surface area contributed by atoms with Gasteiger partial charge in [-0.15, -0.1) is 11.8 Å². The smallest absolute Gasteiger partial charge is 0.242 e. The third kappa shape index (κ3) is 7.21. The molecular weight excluding hydrogens is 392 g/mol. The van der Waals surface area contributed by atoms with E-state index in [1.807, 2.05) is 55.5 Å². The molecule has 2 amide bonds. The number of nitrogens with one attached hydrogen (secondary N) is 1. The molecule has 150 valence electrons. The molecule has 2 aromatic carbocycles. The molecule has 0 aliphatic heterocycles. The number of amides is 2. The van der Waals surface area contributed by atoms with Crippen LogP contribution in [0, 0.1) is 0 Å². The Morgan fingerprint density at radius 2 is 1.89 bits per heavy atom. The Balaban J connectivity index is 2.04. The standard InChI is InChI=1S/C22H27ClN2O2S/c1-3-13-24-22(27)17(2)25(16-18-8-7-9-19(23)15-18)21(26)12-14-28-20-10-5-4-6-11-20/h4-11,15,17H,3,12-14,16H2,1-2H3,(H,24,27). The van der Waals surface area contributed by atoms with Crippen molar-refractivity contribution in [3.8, 4) is 0 Å². The van der Waals surface area contributed by atoms with Crippen molar-refractivity contribution in [2.75, 3.05) is 12.3 Å². The average molecular weight is 419 g/mol. The second-order valence-corrected chi connectivity index (χ2v) is 8.13. The van der Waals surface area contributed by atoms with Crippen molar-refractivity contribution in [2.45, 2.75) is 44.2 Å². The van der Waals surface area contributed by atoms with E-state index in [-0.39, 0.29) is 11.8 Å². The Bertz CT molecular complexity index is 770. The zero-order chi connectivity index (χ0) is 20.4. The van der Waals surface area contributed by atoms with E-state index in [4.69, 9.17) is 11.6 Å². The molecule has 0 saturated carbocycles. The van der Waals surface area contributed by atoms with Gasteiger partial charge in [0.2, 0.25) is 11.8 Å². The summed E-state index contributed by atoms with van der Waals surface area (Å²) in [6.45, 7) is 4.74. The maximum atomic E-state index is 12.9. The fourth-order valence-electron chi connectivity index (χ4n) is 2.73. The normalized spacial score (nSPS) is 11.7. The molecule has 2 rings (SSSR count). The Morgan fingerprint density at radius 1 is 1.14 bits per heavy atom. The first-order valence-corrected chi connectivity index (χ1v) is 10.9. The van der Waals surface area contributed by atoms with E-state index in [1.165, 1.54) is 0 Å². The molecule has 0 fully saturated rings. The van der Waals surface area contributed by atoms with Gasteiger partial charge in [-0.2, -0.15) is 0 Å². The number of halogens is 1. The van der Waals surface area contributed by atoms with Gasteiger partial charge in [0.1, 0.15) is 6.04 Å². The Labute approximate surface area is 176 Å². The average Bonchev–Trinajstić information content (AvgIpc) is 2.70. The number of benzene rings is 2. The molecule has 28 heavy (non-hydrogen) atoms. The minimum Gasteiger partial charge on any atom is -0.354 e. The van der Waals surface area contributed by atoms with E-state index in [0.717, 1.165) is 16.9 Å². The molecular formula is C22H27ClN2O2S. The van der Waals surface area contributed by atoms with Crippen LogP contribution < -0.4 is 5.32 Å². The minimum absolute atomic E-state index is 0.0393. The van der Waals surface area contributed by atoms with Crippen molar-refractivity contribution in [1.82, 2.24) is 10.2 Å². The number of carbonyl (C=O) groups excluding carboxylic acids is 2. The maximum absolute atomic E-state index is 12.9. The summed E-state index contributed by atoms with van der Waals surface area (Å²) in [5, 5.41) is 3.50. The molecule has 1 N–H and O–H groups in total. The van der Waals surface area contributed by atoms with Crippen molar-refractivity contribution in [1.29, 1.82) is 0 Å². The molecule has 0 aromatic heterocycles. The van der Waals surface area contributed by atoms with Gasteiger partial charge in [-0.3, -0.25) is 9.59 Å². The van der Waals surface area contributed by atoms with E-state index in [1.54, 1.807) is 29.7 Å². The number of hydrogen-bond donors (Lipinski definition) is 1. The predicted octanol–water partition coefficient (Wildman–Crippen LogP) is 4.77. The van der Waals surface area contributed by atoms with Gasteiger partial charge in [-0.25, -0.2) is 0 Å². The Morgan fingerprint density at radius 3 is 2.57 bits per heavy atom. The molecule has 2 aromatic rings. The van der Waals surface area contributed by atoms with Crippen molar-refractivity contribution < 1.29 is 9.59 Å². The van der Waals surface area contributed by atoms with Gasteiger partial charge in [-0.1, -0.05) is 48.9 Å². The summed E-state index contributed by atoms with van der Waals surface area (Å²) in [7, 11) is 0. The molecule has 0 aliphatic carbocycles. The second kappa shape index (κ2) is 11.8. The van der Waals surface area contributed by atoms with Crippen LogP contribution in [0.3, 0.4) is 0 Å². The quantitative estimate of drug-likeness (QED) is 0.565. The van der Waals surface area contributed by atoms with Crippen LogP contribution >= 0.6 is 23.4 Å². The molecule has 0 heterocycles. The zero-order valence-electron chi connectivity index (χ0n) is 16.4. The van der Waals surface area contributed by atoms with E-state index in [9.17, 15) is 9.59 Å². The highest BCUT2D eigenvalue weighted by atomic mass is 35.5. The van der Waals surface area contributed by atoms with E-state index >= 15 is 0 Å². The minimum atomic E-state index is -0.542. The summed E-state index contributed by atoms with van der Waals surface area (Å²) in [6, 6.07) is 16.8. The molecule has 0 aliphatic rings. The summed E-state index contributed by atoms with van der Waals surface area (Å²) in [4.78, 5) is 28.2. The second-order valence-electron chi connectivity index (χ2n) is 6.53. The van der Waals surface area contributed by atoms with Gasteiger partial charge in [0, 0.05) is 35.2 Å². The van der Waals surface area contributed by atoms with Gasteiger partial charge in [0.15, 0.2) is 0 Å². The molecule has 0 bridgehead atoms. The number of rotatable bonds is 10. The zero-order valence-corrected chi connectivity index (χ0v) is 17.9. The van der Waals surface area contributed by atoms with Crippen LogP contribution in [0.4, 0.5) is 0 Å². The highest BCUT2D eigenvalue weighted by Crippen LogP contribution is 2.20. The Hall–Kier alpha value is -1.98. The molecule has 6 heteroatoms. The van der Waals surface area contributed by atoms with Crippen LogP contribution in [-0.2, 0) is 16.1 Å². The van der Waals surface area contributed by atoms with E-state index in [2.05, 4.69) is 5.32 Å². The summed E-state index contributed by atoms with van der Waals surface area (Å²) in [5.41, 5.74) is 0.909. The van der Waals surface area contributed by atoms with Crippen molar-refractivity contribution >= 4 is 35.2 Å². The third-order valence-electron chi connectivity index (χ3n) is 4.29. The van der Waals surface area contributed by atoms with E-state index < -0.39 is 6.04 Å². The first-order valence-electron chi connectivity index (χ1n) is 9.50. The van der Waals surface area contributed by atoms with Crippen LogP contribution in [0.15, 0.2) is 59.5 Å². The lowest BCUT2D eigenvalue weighted by Crippen LogP contribution is -2.47. The highest BCUT2D eigenvalue weighted by Gasteiger charge is 2.25. The first-order chi connectivity index (χ1) is 13.5. The Kier molecular flexibility index (Phi) is 9.38. The fraction of sp³-hybridized carbons (Fsp3) is 0.364. The lowest BCUT2D eigenvalue weighted by atomic mass is 10.1. The van der Waals surface area contributed by atoms with Crippen LogP contribution in [-0.4, -0.2) is 35.1 Å². The largest absolute Gasteiger partial charge is 0.354 e. The maximum Gasteiger partial charge on any atom is 0.242 e. The number of nitrogens with zero attached hydrogens (tertiary/aromatic N) is 1. The summed E-state index contributed by atoms with van der Waals surface area (Å²) in [5.74, 6) is 0.494. The molecule has 1 atom stereocenters. The van der Waals surface area contributed by atoms with Crippen molar-refractivity contribution in [3.05, 3.63) is 65.2 Å². The van der Waals surface area contributed by atoms with E-state index in [0.29, 0.717) is 30.3 Å². The fourth-order valence-corrected chi connectivity index (χ4v) is 3.80. The van der Waals surface area contributed by atoms with Gasteiger partial charge < -0.3 is 10.2 Å². The van der Waals surface area contributed by atoms with Gasteiger partial charge >= 0.3 is 0 Å². The van der Waals surface area contributed by atoms with Crippen LogP contribution in [0.2, 0.25) is 5.02 Å². The van der Waals surface area contributed by atoms with Gasteiger partial charge in [-0.05, 0) is 43.2 Å². The predicted molar refractivity (Wildman–Crippen MR) is 117 cm³/mol. The first kappa shape index (κ1) is 22.3. The summed E-state index contributed by atoms with van der Waals surface area (Å²) in [6.07, 6.45) is 1.22. The molecule has 4 nitrogen and oxygen atoms in total. The monoisotopic (exact) mass is 418 g/mol. The molecule has 0 saturated heterocycles. The summed E-state index contributed by atoms with van der Waals surface area (Å²) >= 11 is 7.72. The van der Waals surface area contributed by atoms with Crippen LogP contribution in [0.25, 0.3) is 0 Å². The summed E-state index contributed by atoms with van der Waals surface area (Å²) < 4.78 is 0. The topological polar surface area (TPSA) is 49.4 Å². The number of hydrogen-bond acceptors (Lipinski definition) is 3. The van der Waals surface area contributed by atoms with Crippen LogP contribution in [0.5, 0.6) is 0 Å². The van der Waals surface area contributed by atoms with Gasteiger partial charge in [0.25, 0.3) is 0 Å². The highest BCUT2D eigenvalue weighted by molar-refractivity contribution is 7.99.